The van der Waals surface area contributed by atoms with Crippen molar-refractivity contribution >= 4 is 15.5 Å². The lowest BCUT2D eigenvalue weighted by Gasteiger charge is -2.35. The molecular weight excluding hydrogens is 284 g/mol. The Morgan fingerprint density at radius 2 is 1.81 bits per heavy atom. The fraction of sp³-hybridized carbons (Fsp3) is 0.625. The second-order valence-electron chi connectivity index (χ2n) is 6.35. The third kappa shape index (κ3) is 3.77. The maximum Gasteiger partial charge on any atom is 0.177 e. The SMILES string of the molecule is CS(=O)(=O)c1ccccc1N1CCC(NCC2CC2)CC1. The van der Waals surface area contributed by atoms with Crippen LogP contribution in [0.4, 0.5) is 5.69 Å². The number of piperidine rings is 1. The quantitative estimate of drug-likeness (QED) is 0.904. The van der Waals surface area contributed by atoms with E-state index in [2.05, 4.69) is 10.2 Å². The van der Waals surface area contributed by atoms with Crippen molar-refractivity contribution in [2.75, 3.05) is 30.8 Å². The third-order valence-electron chi connectivity index (χ3n) is 4.49. The van der Waals surface area contributed by atoms with E-state index in [4.69, 9.17) is 0 Å². The minimum atomic E-state index is -3.17. The number of para-hydroxylation sites is 1. The first kappa shape index (κ1) is 14.9. The van der Waals surface area contributed by atoms with Crippen molar-refractivity contribution in [3.05, 3.63) is 24.3 Å². The van der Waals surface area contributed by atoms with Crippen molar-refractivity contribution in [2.45, 2.75) is 36.6 Å². The van der Waals surface area contributed by atoms with Gasteiger partial charge < -0.3 is 10.2 Å². The summed E-state index contributed by atoms with van der Waals surface area (Å²) in [4.78, 5) is 2.67. The van der Waals surface area contributed by atoms with E-state index in [0.717, 1.165) is 44.1 Å². The van der Waals surface area contributed by atoms with Crippen molar-refractivity contribution in [3.8, 4) is 0 Å². The van der Waals surface area contributed by atoms with Gasteiger partial charge in [-0.2, -0.15) is 0 Å². The standard InChI is InChI=1S/C16H24N2O2S/c1-21(19,20)16-5-3-2-4-15(16)18-10-8-14(9-11-18)17-12-13-6-7-13/h2-5,13-14,17H,6-12H2,1H3. The monoisotopic (exact) mass is 308 g/mol. The first-order valence-corrected chi connectivity index (χ1v) is 9.70. The van der Waals surface area contributed by atoms with E-state index in [-0.39, 0.29) is 0 Å². The van der Waals surface area contributed by atoms with Crippen molar-refractivity contribution < 1.29 is 8.42 Å². The molecule has 1 aromatic rings. The summed E-state index contributed by atoms with van der Waals surface area (Å²) >= 11 is 0. The molecule has 1 aliphatic heterocycles. The molecule has 0 amide bonds. The molecule has 3 rings (SSSR count). The molecule has 1 saturated heterocycles. The van der Waals surface area contributed by atoms with Crippen LogP contribution in [-0.2, 0) is 9.84 Å². The molecule has 5 heteroatoms. The summed E-state index contributed by atoms with van der Waals surface area (Å²) in [6.07, 6.45) is 6.23. The Morgan fingerprint density at radius 3 is 2.43 bits per heavy atom. The summed E-state index contributed by atoms with van der Waals surface area (Å²) in [5.41, 5.74) is 0.862. The maximum absolute atomic E-state index is 11.9. The fourth-order valence-electron chi connectivity index (χ4n) is 3.01. The molecule has 21 heavy (non-hydrogen) atoms. The van der Waals surface area contributed by atoms with Crippen LogP contribution in [0.15, 0.2) is 29.2 Å². The predicted molar refractivity (Wildman–Crippen MR) is 85.5 cm³/mol. The molecule has 0 atom stereocenters. The zero-order valence-corrected chi connectivity index (χ0v) is 13.4. The Morgan fingerprint density at radius 1 is 1.14 bits per heavy atom. The van der Waals surface area contributed by atoms with E-state index in [1.54, 1.807) is 12.1 Å². The second-order valence-corrected chi connectivity index (χ2v) is 8.34. The highest BCUT2D eigenvalue weighted by Gasteiger charge is 2.26. The molecule has 2 aliphatic rings. The number of rotatable bonds is 5. The van der Waals surface area contributed by atoms with E-state index >= 15 is 0 Å². The summed E-state index contributed by atoms with van der Waals surface area (Å²) in [7, 11) is -3.17. The van der Waals surface area contributed by atoms with Crippen LogP contribution in [0.5, 0.6) is 0 Å². The number of nitrogens with zero attached hydrogens (tertiary/aromatic N) is 1. The van der Waals surface area contributed by atoms with Gasteiger partial charge in [-0.1, -0.05) is 12.1 Å². The molecule has 1 heterocycles. The first-order valence-electron chi connectivity index (χ1n) is 7.81. The molecule has 2 fully saturated rings. The average Bonchev–Trinajstić information content (AvgIpc) is 3.29. The molecule has 116 valence electrons. The lowest BCUT2D eigenvalue weighted by molar-refractivity contribution is 0.408. The summed E-state index contributed by atoms with van der Waals surface area (Å²) in [5, 5.41) is 3.66. The molecule has 0 bridgehead atoms. The van der Waals surface area contributed by atoms with Gasteiger partial charge in [-0.15, -0.1) is 0 Å². The van der Waals surface area contributed by atoms with Crippen LogP contribution in [-0.4, -0.2) is 40.3 Å². The lowest BCUT2D eigenvalue weighted by Crippen LogP contribution is -2.43. The molecule has 4 nitrogen and oxygen atoms in total. The van der Waals surface area contributed by atoms with E-state index in [9.17, 15) is 8.42 Å². The van der Waals surface area contributed by atoms with Crippen LogP contribution in [0.25, 0.3) is 0 Å². The summed E-state index contributed by atoms with van der Waals surface area (Å²) in [6.45, 7) is 3.01. The van der Waals surface area contributed by atoms with Gasteiger partial charge in [0.15, 0.2) is 9.84 Å². The van der Waals surface area contributed by atoms with Gasteiger partial charge in [0.2, 0.25) is 0 Å². The van der Waals surface area contributed by atoms with Crippen molar-refractivity contribution in [1.29, 1.82) is 0 Å². The van der Waals surface area contributed by atoms with E-state index in [1.165, 1.54) is 19.1 Å². The van der Waals surface area contributed by atoms with Crippen LogP contribution in [0.3, 0.4) is 0 Å². The van der Waals surface area contributed by atoms with Crippen molar-refractivity contribution in [2.24, 2.45) is 5.92 Å². The minimum absolute atomic E-state index is 0.453. The molecule has 1 aromatic carbocycles. The van der Waals surface area contributed by atoms with Crippen LogP contribution in [0.1, 0.15) is 25.7 Å². The smallest absolute Gasteiger partial charge is 0.177 e. The number of sulfone groups is 1. The average molecular weight is 308 g/mol. The Labute approximate surface area is 127 Å². The van der Waals surface area contributed by atoms with Gasteiger partial charge in [-0.25, -0.2) is 8.42 Å². The Balaban J connectivity index is 1.64. The summed E-state index contributed by atoms with van der Waals surface area (Å²) in [5.74, 6) is 0.911. The van der Waals surface area contributed by atoms with Gasteiger partial charge in [0, 0.05) is 25.4 Å². The largest absolute Gasteiger partial charge is 0.370 e. The van der Waals surface area contributed by atoms with Gasteiger partial charge in [0.05, 0.1) is 10.6 Å². The molecular formula is C16H24N2O2S. The van der Waals surface area contributed by atoms with Crippen LogP contribution < -0.4 is 10.2 Å². The summed E-state index contributed by atoms with van der Waals surface area (Å²) < 4.78 is 23.8. The number of hydrogen-bond acceptors (Lipinski definition) is 4. The number of hydrogen-bond donors (Lipinski definition) is 1. The van der Waals surface area contributed by atoms with Crippen LogP contribution in [0.2, 0.25) is 0 Å². The molecule has 0 spiro atoms. The van der Waals surface area contributed by atoms with Crippen LogP contribution in [0, 0.1) is 5.92 Å². The zero-order chi connectivity index (χ0) is 14.9. The maximum atomic E-state index is 11.9. The summed E-state index contributed by atoms with van der Waals surface area (Å²) in [6, 6.07) is 7.94. The number of benzene rings is 1. The normalized spacial score (nSPS) is 20.7. The van der Waals surface area contributed by atoms with E-state index in [1.807, 2.05) is 12.1 Å². The van der Waals surface area contributed by atoms with Gasteiger partial charge >= 0.3 is 0 Å². The minimum Gasteiger partial charge on any atom is -0.370 e. The molecule has 0 radical (unpaired) electrons. The molecule has 1 saturated carbocycles. The number of anilines is 1. The van der Waals surface area contributed by atoms with Gasteiger partial charge in [0.25, 0.3) is 0 Å². The van der Waals surface area contributed by atoms with Gasteiger partial charge in [-0.3, -0.25) is 0 Å². The van der Waals surface area contributed by atoms with Gasteiger partial charge in [-0.05, 0) is 50.3 Å². The molecule has 0 unspecified atom stereocenters. The number of nitrogens with one attached hydrogen (secondary N) is 1. The highest BCUT2D eigenvalue weighted by atomic mass is 32.2. The predicted octanol–water partition coefficient (Wildman–Crippen LogP) is 2.06. The molecule has 1 aliphatic carbocycles. The Bertz CT molecular complexity index is 588. The fourth-order valence-corrected chi connectivity index (χ4v) is 3.91. The lowest BCUT2D eigenvalue weighted by atomic mass is 10.0. The van der Waals surface area contributed by atoms with E-state index in [0.29, 0.717) is 10.9 Å². The zero-order valence-electron chi connectivity index (χ0n) is 12.6. The topological polar surface area (TPSA) is 49.4 Å². The van der Waals surface area contributed by atoms with Crippen LogP contribution >= 0.6 is 0 Å². The molecule has 0 aromatic heterocycles. The highest BCUT2D eigenvalue weighted by molar-refractivity contribution is 7.90. The molecule has 1 N–H and O–H groups in total. The first-order chi connectivity index (χ1) is 10.0. The van der Waals surface area contributed by atoms with E-state index < -0.39 is 9.84 Å². The highest BCUT2D eigenvalue weighted by Crippen LogP contribution is 2.29. The van der Waals surface area contributed by atoms with Crippen molar-refractivity contribution in [3.63, 3.8) is 0 Å². The van der Waals surface area contributed by atoms with Gasteiger partial charge in [0.1, 0.15) is 0 Å². The van der Waals surface area contributed by atoms with Crippen molar-refractivity contribution in [1.82, 2.24) is 5.32 Å². The second kappa shape index (κ2) is 5.97. The Kier molecular flexibility index (Phi) is 4.22. The third-order valence-corrected chi connectivity index (χ3v) is 5.64. The Hall–Kier alpha value is -1.07.